The molecule has 1 heterocycles. The van der Waals surface area contributed by atoms with Crippen molar-refractivity contribution in [2.45, 2.75) is 4.90 Å². The molecule has 3 aromatic rings. The smallest absolute Gasteiger partial charge is 0.263 e. The van der Waals surface area contributed by atoms with Crippen molar-refractivity contribution in [3.8, 4) is 5.69 Å². The molecule has 0 aliphatic heterocycles. The summed E-state index contributed by atoms with van der Waals surface area (Å²) in [7, 11) is -3.67. The van der Waals surface area contributed by atoms with Gasteiger partial charge in [0.25, 0.3) is 10.0 Å². The van der Waals surface area contributed by atoms with Gasteiger partial charge in [-0.3, -0.25) is 4.72 Å². The van der Waals surface area contributed by atoms with E-state index in [1.54, 1.807) is 36.4 Å². The van der Waals surface area contributed by atoms with Crippen LogP contribution in [0.1, 0.15) is 0 Å². The molecule has 22 heavy (non-hydrogen) atoms. The summed E-state index contributed by atoms with van der Waals surface area (Å²) in [6.07, 6.45) is 3.73. The van der Waals surface area contributed by atoms with Crippen molar-refractivity contribution >= 4 is 31.6 Å². The molecule has 0 saturated carbocycles. The van der Waals surface area contributed by atoms with Crippen LogP contribution in [0.15, 0.2) is 82.4 Å². The lowest BCUT2D eigenvalue weighted by Gasteiger charge is -2.14. The molecule has 0 aliphatic rings. The average molecular weight is 377 g/mol. The van der Waals surface area contributed by atoms with Gasteiger partial charge in [0.15, 0.2) is 0 Å². The number of nitrogens with zero attached hydrogens (tertiary/aromatic N) is 1. The first-order valence-electron chi connectivity index (χ1n) is 6.58. The predicted octanol–water partition coefficient (Wildman–Crippen LogP) is 4.04. The van der Waals surface area contributed by atoms with Crippen molar-refractivity contribution < 1.29 is 8.42 Å². The van der Waals surface area contributed by atoms with Gasteiger partial charge >= 0.3 is 0 Å². The highest BCUT2D eigenvalue weighted by Crippen LogP contribution is 2.26. The fourth-order valence-corrected chi connectivity index (χ4v) is 4.22. The van der Waals surface area contributed by atoms with Crippen molar-refractivity contribution in [3.63, 3.8) is 0 Å². The molecule has 0 atom stereocenters. The number of hydrogen-bond acceptors (Lipinski definition) is 2. The first-order valence-corrected chi connectivity index (χ1v) is 8.85. The van der Waals surface area contributed by atoms with E-state index < -0.39 is 10.0 Å². The third-order valence-electron chi connectivity index (χ3n) is 3.16. The topological polar surface area (TPSA) is 51.1 Å². The molecule has 3 rings (SSSR count). The number of para-hydroxylation sites is 2. The van der Waals surface area contributed by atoms with E-state index in [0.717, 1.165) is 5.69 Å². The van der Waals surface area contributed by atoms with E-state index in [1.165, 1.54) is 0 Å². The van der Waals surface area contributed by atoms with Crippen LogP contribution in [0, 0.1) is 0 Å². The van der Waals surface area contributed by atoms with Gasteiger partial charge in [-0.05, 0) is 52.3 Å². The maximum Gasteiger partial charge on any atom is 0.263 e. The number of hydrogen-bond donors (Lipinski definition) is 1. The molecule has 0 saturated heterocycles. The quantitative estimate of drug-likeness (QED) is 0.746. The minimum absolute atomic E-state index is 0.206. The average Bonchev–Trinajstić information content (AvgIpc) is 3.02. The van der Waals surface area contributed by atoms with E-state index in [9.17, 15) is 8.42 Å². The molecule has 2 aromatic carbocycles. The first-order chi connectivity index (χ1) is 10.6. The van der Waals surface area contributed by atoms with E-state index in [-0.39, 0.29) is 4.90 Å². The van der Waals surface area contributed by atoms with Gasteiger partial charge in [-0.15, -0.1) is 0 Å². The van der Waals surface area contributed by atoms with Gasteiger partial charge in [0.05, 0.1) is 11.4 Å². The number of nitrogens with one attached hydrogen (secondary N) is 1. The Morgan fingerprint density at radius 2 is 1.50 bits per heavy atom. The first kappa shape index (κ1) is 14.9. The second-order valence-corrected chi connectivity index (χ2v) is 7.15. The van der Waals surface area contributed by atoms with Gasteiger partial charge in [-0.1, -0.05) is 24.3 Å². The standard InChI is InChI=1S/C16H13BrN2O2S/c17-13-7-1-4-10-16(13)22(20,21)18-14-8-2-3-9-15(14)19-11-5-6-12-19/h1-12,18H. The summed E-state index contributed by atoms with van der Waals surface area (Å²) in [6, 6.07) is 17.8. The normalized spacial score (nSPS) is 11.3. The van der Waals surface area contributed by atoms with Gasteiger partial charge in [0, 0.05) is 16.9 Å². The van der Waals surface area contributed by atoms with Crippen molar-refractivity contribution in [1.82, 2.24) is 4.57 Å². The lowest BCUT2D eigenvalue weighted by atomic mass is 10.3. The van der Waals surface area contributed by atoms with Crippen LogP contribution in [0.4, 0.5) is 5.69 Å². The Morgan fingerprint density at radius 3 is 2.23 bits per heavy atom. The van der Waals surface area contributed by atoms with E-state index in [4.69, 9.17) is 0 Å². The van der Waals surface area contributed by atoms with Crippen LogP contribution >= 0.6 is 15.9 Å². The molecule has 0 unspecified atom stereocenters. The van der Waals surface area contributed by atoms with Crippen LogP contribution in [0.25, 0.3) is 5.69 Å². The Balaban J connectivity index is 2.03. The van der Waals surface area contributed by atoms with Crippen LogP contribution in [-0.2, 0) is 10.0 Å². The summed E-state index contributed by atoms with van der Waals surface area (Å²) in [5.41, 5.74) is 1.29. The molecule has 0 aliphatic carbocycles. The van der Waals surface area contributed by atoms with Crippen LogP contribution in [-0.4, -0.2) is 13.0 Å². The molecule has 4 nitrogen and oxygen atoms in total. The van der Waals surface area contributed by atoms with Crippen LogP contribution < -0.4 is 4.72 Å². The summed E-state index contributed by atoms with van der Waals surface area (Å²) < 4.78 is 30.2. The van der Waals surface area contributed by atoms with Gasteiger partial charge in [0.2, 0.25) is 0 Å². The Morgan fingerprint density at radius 1 is 0.864 bits per heavy atom. The summed E-state index contributed by atoms with van der Waals surface area (Å²) in [5.74, 6) is 0. The fraction of sp³-hybridized carbons (Fsp3) is 0. The number of aromatic nitrogens is 1. The highest BCUT2D eigenvalue weighted by molar-refractivity contribution is 9.10. The number of sulfonamides is 1. The summed E-state index contributed by atoms with van der Waals surface area (Å²) in [6.45, 7) is 0. The number of rotatable bonds is 4. The fourth-order valence-electron chi connectivity index (χ4n) is 2.14. The third-order valence-corrected chi connectivity index (χ3v) is 5.53. The summed E-state index contributed by atoms with van der Waals surface area (Å²) in [4.78, 5) is 0.206. The van der Waals surface area contributed by atoms with Crippen LogP contribution in [0.3, 0.4) is 0 Å². The monoisotopic (exact) mass is 376 g/mol. The van der Waals surface area contributed by atoms with Crippen LogP contribution in [0.5, 0.6) is 0 Å². The van der Waals surface area contributed by atoms with E-state index in [0.29, 0.717) is 10.2 Å². The van der Waals surface area contributed by atoms with Crippen molar-refractivity contribution in [3.05, 3.63) is 77.5 Å². The highest BCUT2D eigenvalue weighted by Gasteiger charge is 2.18. The molecule has 0 bridgehead atoms. The second-order valence-electron chi connectivity index (χ2n) is 4.64. The van der Waals surface area contributed by atoms with Gasteiger partial charge in [0.1, 0.15) is 4.90 Å². The largest absolute Gasteiger partial charge is 0.322 e. The third kappa shape index (κ3) is 2.93. The summed E-state index contributed by atoms with van der Waals surface area (Å²) in [5, 5.41) is 0. The Labute approximate surface area is 137 Å². The predicted molar refractivity (Wildman–Crippen MR) is 90.7 cm³/mol. The van der Waals surface area contributed by atoms with E-state index in [2.05, 4.69) is 20.7 Å². The summed E-state index contributed by atoms with van der Waals surface area (Å²) >= 11 is 3.28. The molecular formula is C16H13BrN2O2S. The minimum Gasteiger partial charge on any atom is -0.322 e. The Hall–Kier alpha value is -2.05. The molecule has 6 heteroatoms. The maximum atomic E-state index is 12.6. The minimum atomic E-state index is -3.67. The van der Waals surface area contributed by atoms with Crippen molar-refractivity contribution in [2.24, 2.45) is 0 Å². The van der Waals surface area contributed by atoms with Crippen molar-refractivity contribution in [1.29, 1.82) is 0 Å². The lowest BCUT2D eigenvalue weighted by molar-refractivity contribution is 0.600. The SMILES string of the molecule is O=S(=O)(Nc1ccccc1-n1cccc1)c1ccccc1Br. The van der Waals surface area contributed by atoms with Gasteiger partial charge in [-0.25, -0.2) is 8.42 Å². The van der Waals surface area contributed by atoms with Gasteiger partial charge < -0.3 is 4.57 Å². The molecule has 112 valence electrons. The molecule has 1 N–H and O–H groups in total. The zero-order chi connectivity index (χ0) is 15.6. The number of halogens is 1. The molecule has 0 fully saturated rings. The molecule has 1 aromatic heterocycles. The zero-order valence-corrected chi connectivity index (χ0v) is 13.9. The molecule has 0 spiro atoms. The highest BCUT2D eigenvalue weighted by atomic mass is 79.9. The Bertz CT molecular complexity index is 890. The Kier molecular flexibility index (Phi) is 4.04. The number of benzene rings is 2. The lowest BCUT2D eigenvalue weighted by Crippen LogP contribution is -2.15. The second kappa shape index (κ2) is 5.98. The van der Waals surface area contributed by atoms with Crippen LogP contribution in [0.2, 0.25) is 0 Å². The zero-order valence-electron chi connectivity index (χ0n) is 11.5. The van der Waals surface area contributed by atoms with E-state index >= 15 is 0 Å². The van der Waals surface area contributed by atoms with Gasteiger partial charge in [-0.2, -0.15) is 0 Å². The molecule has 0 amide bonds. The molecule has 0 radical (unpaired) electrons. The number of anilines is 1. The molecular weight excluding hydrogens is 364 g/mol. The van der Waals surface area contributed by atoms with Crippen molar-refractivity contribution in [2.75, 3.05) is 4.72 Å². The maximum absolute atomic E-state index is 12.6. The van der Waals surface area contributed by atoms with E-state index in [1.807, 2.05) is 41.2 Å².